The number of hydrogen-bond donors (Lipinski definition) is 1. The Bertz CT molecular complexity index is 756. The first-order valence-corrected chi connectivity index (χ1v) is 9.20. The average molecular weight is 349 g/mol. The molecular weight excluding hydrogens is 326 g/mol. The molecular formula is C18H23NO4S. The summed E-state index contributed by atoms with van der Waals surface area (Å²) in [5, 5.41) is 0. The van der Waals surface area contributed by atoms with Crippen LogP contribution in [0, 0.1) is 0 Å². The summed E-state index contributed by atoms with van der Waals surface area (Å²) in [5.74, 6) is 0.495. The normalized spacial score (nSPS) is 14.1. The zero-order valence-corrected chi connectivity index (χ0v) is 15.0. The van der Waals surface area contributed by atoms with Gasteiger partial charge in [-0.2, -0.15) is 0 Å². The molecule has 5 nitrogen and oxygen atoms in total. The number of ether oxygens (including phenoxy) is 2. The van der Waals surface area contributed by atoms with Crippen molar-refractivity contribution in [2.24, 2.45) is 0 Å². The number of rotatable bonds is 8. The van der Waals surface area contributed by atoms with Gasteiger partial charge in [0.2, 0.25) is 10.0 Å². The van der Waals surface area contributed by atoms with Crippen molar-refractivity contribution in [2.75, 3.05) is 20.8 Å². The standard InChI is InChI=1S/C18H23NO4S/c1-4-18(23-3,15-9-6-5-7-10-15)14-19-24(20,21)17-12-8-11-16(13-17)22-2/h5-13,19H,4,14H2,1-3H3. The molecule has 0 amide bonds. The first-order chi connectivity index (χ1) is 11.5. The third kappa shape index (κ3) is 3.95. The molecule has 0 bridgehead atoms. The summed E-state index contributed by atoms with van der Waals surface area (Å²) in [7, 11) is -0.569. The van der Waals surface area contributed by atoms with Gasteiger partial charge < -0.3 is 9.47 Å². The maximum atomic E-state index is 12.6. The van der Waals surface area contributed by atoms with Crippen molar-refractivity contribution in [3.05, 3.63) is 60.2 Å². The Labute approximate surface area is 143 Å². The minimum Gasteiger partial charge on any atom is -0.497 e. The van der Waals surface area contributed by atoms with Crippen molar-refractivity contribution in [2.45, 2.75) is 23.8 Å². The molecule has 1 N–H and O–H groups in total. The fraction of sp³-hybridized carbons (Fsp3) is 0.333. The van der Waals surface area contributed by atoms with Crippen molar-refractivity contribution in [1.82, 2.24) is 4.72 Å². The number of sulfonamides is 1. The van der Waals surface area contributed by atoms with E-state index in [0.717, 1.165) is 5.56 Å². The van der Waals surface area contributed by atoms with Crippen molar-refractivity contribution in [3.8, 4) is 5.75 Å². The van der Waals surface area contributed by atoms with Crippen LogP contribution in [-0.4, -0.2) is 29.2 Å². The Morgan fingerprint density at radius 2 is 1.75 bits per heavy atom. The van der Waals surface area contributed by atoms with Gasteiger partial charge in [-0.3, -0.25) is 0 Å². The van der Waals surface area contributed by atoms with Crippen LogP contribution in [0.25, 0.3) is 0 Å². The van der Waals surface area contributed by atoms with Gasteiger partial charge in [-0.25, -0.2) is 13.1 Å². The van der Waals surface area contributed by atoms with E-state index in [-0.39, 0.29) is 11.4 Å². The van der Waals surface area contributed by atoms with Crippen LogP contribution in [-0.2, 0) is 20.4 Å². The third-order valence-electron chi connectivity index (χ3n) is 4.16. The lowest BCUT2D eigenvalue weighted by atomic mass is 9.91. The highest BCUT2D eigenvalue weighted by atomic mass is 32.2. The topological polar surface area (TPSA) is 64.6 Å². The van der Waals surface area contributed by atoms with Gasteiger partial charge in [0, 0.05) is 19.7 Å². The summed E-state index contributed by atoms with van der Waals surface area (Å²) in [4.78, 5) is 0.163. The van der Waals surface area contributed by atoms with Crippen LogP contribution in [0.1, 0.15) is 18.9 Å². The van der Waals surface area contributed by atoms with E-state index in [0.29, 0.717) is 12.2 Å². The second-order valence-corrected chi connectivity index (χ2v) is 7.19. The van der Waals surface area contributed by atoms with E-state index in [1.54, 1.807) is 19.2 Å². The summed E-state index contributed by atoms with van der Waals surface area (Å²) in [6, 6.07) is 16.0. The van der Waals surface area contributed by atoms with Crippen LogP contribution < -0.4 is 9.46 Å². The van der Waals surface area contributed by atoms with Crippen LogP contribution in [0.3, 0.4) is 0 Å². The SMILES string of the molecule is CCC(CNS(=O)(=O)c1cccc(OC)c1)(OC)c1ccccc1. The first kappa shape index (κ1) is 18.4. The van der Waals surface area contributed by atoms with Gasteiger partial charge in [-0.05, 0) is 24.1 Å². The van der Waals surface area contributed by atoms with Crippen LogP contribution in [0.2, 0.25) is 0 Å². The lowest BCUT2D eigenvalue weighted by Gasteiger charge is -2.32. The molecule has 1 atom stereocenters. The van der Waals surface area contributed by atoms with E-state index in [1.165, 1.54) is 19.2 Å². The van der Waals surface area contributed by atoms with E-state index in [4.69, 9.17) is 9.47 Å². The molecule has 2 aromatic carbocycles. The predicted octanol–water partition coefficient (Wildman–Crippen LogP) is 2.93. The highest BCUT2D eigenvalue weighted by molar-refractivity contribution is 7.89. The second-order valence-electron chi connectivity index (χ2n) is 5.42. The summed E-state index contributed by atoms with van der Waals surface area (Å²) in [5.41, 5.74) is 0.219. The van der Waals surface area contributed by atoms with Crippen molar-refractivity contribution >= 4 is 10.0 Å². The second kappa shape index (κ2) is 7.79. The van der Waals surface area contributed by atoms with E-state index in [9.17, 15) is 8.42 Å². The summed E-state index contributed by atoms with van der Waals surface area (Å²) in [6.45, 7) is 2.11. The van der Waals surface area contributed by atoms with Gasteiger partial charge in [0.15, 0.2) is 0 Å². The van der Waals surface area contributed by atoms with E-state index < -0.39 is 15.6 Å². The minimum absolute atomic E-state index is 0.142. The Kier molecular flexibility index (Phi) is 5.99. The zero-order valence-electron chi connectivity index (χ0n) is 14.2. The lowest BCUT2D eigenvalue weighted by molar-refractivity contribution is -0.0133. The number of hydrogen-bond acceptors (Lipinski definition) is 4. The molecule has 0 aliphatic carbocycles. The number of benzene rings is 2. The molecule has 0 fully saturated rings. The summed E-state index contributed by atoms with van der Waals surface area (Å²) < 4.78 is 38.6. The maximum Gasteiger partial charge on any atom is 0.240 e. The molecule has 24 heavy (non-hydrogen) atoms. The maximum absolute atomic E-state index is 12.6. The fourth-order valence-corrected chi connectivity index (χ4v) is 3.69. The van der Waals surface area contributed by atoms with E-state index >= 15 is 0 Å². The predicted molar refractivity (Wildman–Crippen MR) is 93.6 cm³/mol. The van der Waals surface area contributed by atoms with Crippen molar-refractivity contribution in [1.29, 1.82) is 0 Å². The van der Waals surface area contributed by atoms with Gasteiger partial charge in [-0.1, -0.05) is 43.3 Å². The first-order valence-electron chi connectivity index (χ1n) is 7.72. The number of methoxy groups -OCH3 is 2. The molecule has 0 radical (unpaired) electrons. The molecule has 0 saturated carbocycles. The largest absolute Gasteiger partial charge is 0.497 e. The van der Waals surface area contributed by atoms with Crippen molar-refractivity contribution < 1.29 is 17.9 Å². The molecule has 2 rings (SSSR count). The number of nitrogens with one attached hydrogen (secondary N) is 1. The Morgan fingerprint density at radius 3 is 2.33 bits per heavy atom. The molecule has 0 aromatic heterocycles. The van der Waals surface area contributed by atoms with Gasteiger partial charge in [0.1, 0.15) is 11.4 Å². The van der Waals surface area contributed by atoms with E-state index in [2.05, 4.69) is 4.72 Å². The Morgan fingerprint density at radius 1 is 1.04 bits per heavy atom. The van der Waals surface area contributed by atoms with Gasteiger partial charge in [-0.15, -0.1) is 0 Å². The fourth-order valence-electron chi connectivity index (χ4n) is 2.57. The van der Waals surface area contributed by atoms with E-state index in [1.807, 2.05) is 37.3 Å². The third-order valence-corrected chi connectivity index (χ3v) is 5.56. The minimum atomic E-state index is -3.66. The smallest absolute Gasteiger partial charge is 0.240 e. The molecule has 1 unspecified atom stereocenters. The van der Waals surface area contributed by atoms with Crippen molar-refractivity contribution in [3.63, 3.8) is 0 Å². The highest BCUT2D eigenvalue weighted by Gasteiger charge is 2.32. The molecule has 0 saturated heterocycles. The molecule has 2 aromatic rings. The quantitative estimate of drug-likeness (QED) is 0.796. The molecule has 6 heteroatoms. The monoisotopic (exact) mass is 349 g/mol. The van der Waals surface area contributed by atoms with Crippen LogP contribution >= 0.6 is 0 Å². The Hall–Kier alpha value is -1.89. The Balaban J connectivity index is 2.25. The molecule has 0 heterocycles. The summed E-state index contributed by atoms with van der Waals surface area (Å²) in [6.07, 6.45) is 0.633. The van der Waals surface area contributed by atoms with Gasteiger partial charge in [0.25, 0.3) is 0 Å². The molecule has 130 valence electrons. The van der Waals surface area contributed by atoms with Crippen LogP contribution in [0.4, 0.5) is 0 Å². The highest BCUT2D eigenvalue weighted by Crippen LogP contribution is 2.29. The van der Waals surface area contributed by atoms with Crippen LogP contribution in [0.15, 0.2) is 59.5 Å². The van der Waals surface area contributed by atoms with Gasteiger partial charge in [0.05, 0.1) is 12.0 Å². The molecule has 0 aliphatic heterocycles. The average Bonchev–Trinajstić information content (AvgIpc) is 2.64. The summed E-state index contributed by atoms with van der Waals surface area (Å²) >= 11 is 0. The molecule has 0 spiro atoms. The lowest BCUT2D eigenvalue weighted by Crippen LogP contribution is -2.41. The zero-order chi connectivity index (χ0) is 17.6. The molecule has 0 aliphatic rings. The van der Waals surface area contributed by atoms with Gasteiger partial charge >= 0.3 is 0 Å². The van der Waals surface area contributed by atoms with Crippen LogP contribution in [0.5, 0.6) is 5.75 Å².